The van der Waals surface area contributed by atoms with Crippen molar-refractivity contribution in [1.29, 1.82) is 0 Å². The van der Waals surface area contributed by atoms with Crippen molar-refractivity contribution >= 4 is 46.3 Å². The monoisotopic (exact) mass is 690 g/mol. The van der Waals surface area contributed by atoms with Gasteiger partial charge in [-0.3, -0.25) is 24.0 Å². The molecule has 0 unspecified atom stereocenters. The SMILES string of the molecule is CC(C)C[C@@H]1NC(=O)CCCN(C(=O)c2cnc[nH]c2=O)CCCNC(=O)c2csc(n2)[C@H](Cc2ccccc2)NC(=O)c2csc1n2. The van der Waals surface area contributed by atoms with Crippen LogP contribution in [0.3, 0.4) is 0 Å². The van der Waals surface area contributed by atoms with E-state index in [1.807, 2.05) is 44.2 Å². The molecule has 0 fully saturated rings. The molecule has 3 aromatic heterocycles. The summed E-state index contributed by atoms with van der Waals surface area (Å²) >= 11 is 2.59. The second kappa shape index (κ2) is 16.4. The highest BCUT2D eigenvalue weighted by Gasteiger charge is 2.26. The highest BCUT2D eigenvalue weighted by Crippen LogP contribution is 2.27. The van der Waals surface area contributed by atoms with E-state index in [2.05, 4.69) is 35.9 Å². The third kappa shape index (κ3) is 9.19. The van der Waals surface area contributed by atoms with Crippen LogP contribution in [0.4, 0.5) is 0 Å². The first-order valence-corrected chi connectivity index (χ1v) is 17.6. The molecule has 4 aromatic rings. The van der Waals surface area contributed by atoms with Crippen LogP contribution in [-0.2, 0) is 11.2 Å². The van der Waals surface area contributed by atoms with E-state index in [1.165, 1.54) is 40.1 Å². The van der Waals surface area contributed by atoms with Gasteiger partial charge in [0.15, 0.2) is 0 Å². The first-order valence-electron chi connectivity index (χ1n) is 15.8. The lowest BCUT2D eigenvalue weighted by Crippen LogP contribution is -2.38. The summed E-state index contributed by atoms with van der Waals surface area (Å²) in [5.74, 6) is -1.24. The third-order valence-corrected chi connectivity index (χ3v) is 9.61. The van der Waals surface area contributed by atoms with Gasteiger partial charge in [0.25, 0.3) is 23.3 Å². The number of aromatic amines is 1. The largest absolute Gasteiger partial charge is 0.351 e. The van der Waals surface area contributed by atoms with Crippen LogP contribution in [0.15, 0.2) is 58.4 Å². The molecule has 48 heavy (non-hydrogen) atoms. The van der Waals surface area contributed by atoms with Gasteiger partial charge >= 0.3 is 0 Å². The number of benzene rings is 1. The Labute approximate surface area is 285 Å². The van der Waals surface area contributed by atoms with Crippen LogP contribution in [0.1, 0.15) is 98.5 Å². The maximum Gasteiger partial charge on any atom is 0.271 e. The number of nitrogens with one attached hydrogen (secondary N) is 4. The Balaban J connectivity index is 1.42. The zero-order valence-electron chi connectivity index (χ0n) is 26.7. The highest BCUT2D eigenvalue weighted by molar-refractivity contribution is 7.10. The second-order valence-electron chi connectivity index (χ2n) is 11.9. The maximum atomic E-state index is 13.5. The van der Waals surface area contributed by atoms with Gasteiger partial charge in [-0.1, -0.05) is 44.2 Å². The number of carbonyl (C=O) groups excluding carboxylic acids is 4. The molecule has 252 valence electrons. The first kappa shape index (κ1) is 34.6. The van der Waals surface area contributed by atoms with Crippen LogP contribution >= 0.6 is 22.7 Å². The Kier molecular flexibility index (Phi) is 11.8. The van der Waals surface area contributed by atoms with Gasteiger partial charge in [0.1, 0.15) is 27.0 Å². The van der Waals surface area contributed by atoms with Crippen LogP contribution in [0.2, 0.25) is 0 Å². The summed E-state index contributed by atoms with van der Waals surface area (Å²) < 4.78 is 0. The average Bonchev–Trinajstić information content (AvgIpc) is 3.76. The number of H-pyrrole nitrogens is 1. The minimum Gasteiger partial charge on any atom is -0.351 e. The fourth-order valence-corrected chi connectivity index (χ4v) is 7.03. The number of hydrogen-bond acceptors (Lipinski definition) is 10. The van der Waals surface area contributed by atoms with Gasteiger partial charge < -0.3 is 25.8 Å². The van der Waals surface area contributed by atoms with Gasteiger partial charge in [0, 0.05) is 43.0 Å². The molecule has 0 aliphatic carbocycles. The number of nitrogens with zero attached hydrogens (tertiary/aromatic N) is 4. The molecule has 4 N–H and O–H groups in total. The van der Waals surface area contributed by atoms with E-state index in [9.17, 15) is 24.0 Å². The van der Waals surface area contributed by atoms with Crippen LogP contribution in [-0.4, -0.2) is 68.1 Å². The molecule has 0 radical (unpaired) electrons. The number of amides is 4. The molecule has 5 rings (SSSR count). The molecular weight excluding hydrogens is 653 g/mol. The first-order chi connectivity index (χ1) is 23.2. The topological polar surface area (TPSA) is 179 Å². The molecule has 4 heterocycles. The van der Waals surface area contributed by atoms with Crippen LogP contribution in [0.25, 0.3) is 0 Å². The van der Waals surface area contributed by atoms with Gasteiger partial charge in [-0.15, -0.1) is 22.7 Å². The van der Waals surface area contributed by atoms with Crippen LogP contribution in [0, 0.1) is 5.92 Å². The highest BCUT2D eigenvalue weighted by atomic mass is 32.1. The lowest BCUT2D eigenvalue weighted by atomic mass is 10.0. The molecule has 4 bridgehead atoms. The summed E-state index contributed by atoms with van der Waals surface area (Å²) in [5.41, 5.74) is 0.786. The summed E-state index contributed by atoms with van der Waals surface area (Å²) in [4.78, 5) is 82.4. The second-order valence-corrected chi connectivity index (χ2v) is 13.7. The van der Waals surface area contributed by atoms with Gasteiger partial charge in [-0.2, -0.15) is 0 Å². The fourth-order valence-electron chi connectivity index (χ4n) is 5.32. The number of hydrogen-bond donors (Lipinski definition) is 4. The van der Waals surface area contributed by atoms with Crippen molar-refractivity contribution in [3.63, 3.8) is 0 Å². The van der Waals surface area contributed by atoms with E-state index in [-0.39, 0.29) is 66.6 Å². The average molecular weight is 691 g/mol. The molecule has 1 aromatic carbocycles. The van der Waals surface area contributed by atoms with E-state index >= 15 is 0 Å². The standard InChI is InChI=1S/C33H38N8O5S2/c1-20(2)14-23-31-40-26(18-48-31)30(45)38-24(15-21-8-4-3-5-9-21)32-39-25(17-47-32)29(44)35-11-7-13-41(12-6-10-27(42)37-23)33(46)22-16-34-19-36-28(22)43/h3-5,8-9,16-20,23-24H,6-7,10-15H2,1-2H3,(H,35,44)(H,37,42)(H,38,45)(H,34,36,43)/t23-,24-/m0/s1. The smallest absolute Gasteiger partial charge is 0.271 e. The van der Waals surface area contributed by atoms with Crippen LogP contribution < -0.4 is 21.5 Å². The number of rotatable bonds is 5. The summed E-state index contributed by atoms with van der Waals surface area (Å²) in [6, 6.07) is 8.77. The Morgan fingerprint density at radius 3 is 2.31 bits per heavy atom. The Bertz CT molecular complexity index is 1790. The Morgan fingerprint density at radius 1 is 0.917 bits per heavy atom. The molecule has 0 saturated heterocycles. The molecule has 13 nitrogen and oxygen atoms in total. The van der Waals surface area contributed by atoms with Gasteiger partial charge in [-0.05, 0) is 37.2 Å². The summed E-state index contributed by atoms with van der Waals surface area (Å²) in [7, 11) is 0. The predicted octanol–water partition coefficient (Wildman–Crippen LogP) is 3.66. The molecule has 1 aliphatic heterocycles. The molecular formula is C33H38N8O5S2. The number of fused-ring (bicyclic) bond motifs is 4. The summed E-state index contributed by atoms with van der Waals surface area (Å²) in [6.07, 6.45) is 4.37. The van der Waals surface area contributed by atoms with Gasteiger partial charge in [-0.25, -0.2) is 15.0 Å². The summed E-state index contributed by atoms with van der Waals surface area (Å²) in [5, 5.41) is 13.5. The van der Waals surface area contributed by atoms with Crippen molar-refractivity contribution in [2.45, 2.75) is 58.0 Å². The Morgan fingerprint density at radius 2 is 1.60 bits per heavy atom. The Hall–Kier alpha value is -4.76. The molecule has 1 aliphatic rings. The minimum absolute atomic E-state index is 0.101. The lowest BCUT2D eigenvalue weighted by Gasteiger charge is -2.23. The fraction of sp³-hybridized carbons (Fsp3) is 0.394. The van der Waals surface area contributed by atoms with Crippen molar-refractivity contribution in [2.24, 2.45) is 5.92 Å². The molecule has 0 saturated carbocycles. The maximum absolute atomic E-state index is 13.5. The number of aromatic nitrogens is 4. The number of carbonyl (C=O) groups is 4. The van der Waals surface area contributed by atoms with Crippen molar-refractivity contribution < 1.29 is 19.2 Å². The molecule has 2 atom stereocenters. The van der Waals surface area contributed by atoms with E-state index in [0.29, 0.717) is 35.7 Å². The molecule has 15 heteroatoms. The van der Waals surface area contributed by atoms with E-state index in [0.717, 1.165) is 5.56 Å². The summed E-state index contributed by atoms with van der Waals surface area (Å²) in [6.45, 7) is 4.79. The lowest BCUT2D eigenvalue weighted by molar-refractivity contribution is -0.122. The molecule has 0 spiro atoms. The van der Waals surface area contributed by atoms with E-state index in [1.54, 1.807) is 10.8 Å². The third-order valence-electron chi connectivity index (χ3n) is 7.69. The predicted molar refractivity (Wildman–Crippen MR) is 182 cm³/mol. The quantitative estimate of drug-likeness (QED) is 0.245. The zero-order valence-corrected chi connectivity index (χ0v) is 28.4. The zero-order chi connectivity index (χ0) is 34.0. The van der Waals surface area contributed by atoms with E-state index < -0.39 is 23.6 Å². The van der Waals surface area contributed by atoms with Crippen LogP contribution in [0.5, 0.6) is 0 Å². The van der Waals surface area contributed by atoms with E-state index in [4.69, 9.17) is 0 Å². The van der Waals surface area contributed by atoms with Gasteiger partial charge in [0.2, 0.25) is 5.91 Å². The van der Waals surface area contributed by atoms with Crippen molar-refractivity contribution in [3.8, 4) is 0 Å². The normalized spacial score (nSPS) is 18.4. The molecule has 4 amide bonds. The van der Waals surface area contributed by atoms with Gasteiger partial charge in [0.05, 0.1) is 18.4 Å². The van der Waals surface area contributed by atoms with Crippen molar-refractivity contribution in [1.82, 2.24) is 40.8 Å². The minimum atomic E-state index is -0.555. The number of thiazole rings is 2. The van der Waals surface area contributed by atoms with Crippen molar-refractivity contribution in [2.75, 3.05) is 19.6 Å². The van der Waals surface area contributed by atoms with Crippen molar-refractivity contribution in [3.05, 3.63) is 96.5 Å².